The molecule has 1 nitrogen and oxygen atoms in total. The summed E-state index contributed by atoms with van der Waals surface area (Å²) < 4.78 is 1.12. The summed E-state index contributed by atoms with van der Waals surface area (Å²) in [5.74, 6) is 1.25. The van der Waals surface area contributed by atoms with Gasteiger partial charge in [-0.3, -0.25) is 0 Å². The average molecular weight is 341 g/mol. The van der Waals surface area contributed by atoms with E-state index in [4.69, 9.17) is 0 Å². The van der Waals surface area contributed by atoms with E-state index in [1.165, 1.54) is 15.3 Å². The molecule has 0 amide bonds. The topological polar surface area (TPSA) is 20.2 Å². The zero-order valence-electron chi connectivity index (χ0n) is 9.67. The van der Waals surface area contributed by atoms with E-state index in [1.54, 1.807) is 11.3 Å². The third-order valence-corrected chi connectivity index (χ3v) is 6.44. The van der Waals surface area contributed by atoms with Crippen LogP contribution in [0.15, 0.2) is 45.1 Å². The smallest absolute Gasteiger partial charge is 0.0665 e. The first kappa shape index (κ1) is 12.7. The van der Waals surface area contributed by atoms with E-state index in [2.05, 4.69) is 45.6 Å². The second-order valence-corrected chi connectivity index (χ2v) is 7.34. The fraction of sp³-hybridized carbons (Fsp3) is 0.286. The summed E-state index contributed by atoms with van der Waals surface area (Å²) in [6, 6.07) is 10.5. The van der Waals surface area contributed by atoms with Crippen molar-refractivity contribution in [3.63, 3.8) is 0 Å². The summed E-state index contributed by atoms with van der Waals surface area (Å²) in [5, 5.41) is 12.5. The first-order valence-electron chi connectivity index (χ1n) is 5.87. The number of aliphatic hydroxyl groups excluding tert-OH is 1. The van der Waals surface area contributed by atoms with Gasteiger partial charge < -0.3 is 5.11 Å². The predicted octanol–water partition coefficient (Wildman–Crippen LogP) is 4.30. The van der Waals surface area contributed by atoms with Gasteiger partial charge in [0.1, 0.15) is 0 Å². The second-order valence-electron chi connectivity index (χ2n) is 4.42. The summed E-state index contributed by atoms with van der Waals surface area (Å²) in [5.41, 5.74) is 1.31. The molecule has 2 aromatic rings. The fourth-order valence-corrected chi connectivity index (χ4v) is 5.20. The maximum absolute atomic E-state index is 10.5. The summed E-state index contributed by atoms with van der Waals surface area (Å²) in [7, 11) is 0. The Balaban J connectivity index is 1.79. The molecule has 0 radical (unpaired) electrons. The fourth-order valence-electron chi connectivity index (χ4n) is 2.31. The van der Waals surface area contributed by atoms with Crippen molar-refractivity contribution in [2.24, 2.45) is 0 Å². The predicted molar refractivity (Wildman–Crippen MR) is 81.6 cm³/mol. The van der Waals surface area contributed by atoms with Crippen LogP contribution in [0.5, 0.6) is 0 Å². The van der Waals surface area contributed by atoms with Crippen LogP contribution in [0.25, 0.3) is 0 Å². The van der Waals surface area contributed by atoms with Crippen LogP contribution in [-0.4, -0.2) is 17.0 Å². The van der Waals surface area contributed by atoms with Gasteiger partial charge in [-0.25, -0.2) is 0 Å². The van der Waals surface area contributed by atoms with Gasteiger partial charge >= 0.3 is 0 Å². The van der Waals surface area contributed by atoms with Gasteiger partial charge in [-0.15, -0.1) is 23.1 Å². The maximum Gasteiger partial charge on any atom is 0.0665 e. The molecule has 1 aromatic carbocycles. The van der Waals surface area contributed by atoms with Crippen molar-refractivity contribution >= 4 is 39.0 Å². The summed E-state index contributed by atoms with van der Waals surface area (Å²) in [6.45, 7) is 0. The molecule has 1 N–H and O–H groups in total. The zero-order valence-corrected chi connectivity index (χ0v) is 12.9. The molecular formula is C14H13BrOS2. The molecule has 2 heterocycles. The Hall–Kier alpha value is -0.290. The van der Waals surface area contributed by atoms with Crippen molar-refractivity contribution in [1.29, 1.82) is 0 Å². The van der Waals surface area contributed by atoms with Crippen LogP contribution in [0.1, 0.15) is 16.4 Å². The number of benzene rings is 1. The third kappa shape index (κ3) is 2.39. The van der Waals surface area contributed by atoms with E-state index in [9.17, 15) is 5.11 Å². The van der Waals surface area contributed by atoms with Gasteiger partial charge in [0.25, 0.3) is 0 Å². The van der Waals surface area contributed by atoms with Crippen LogP contribution >= 0.6 is 39.0 Å². The van der Waals surface area contributed by atoms with Gasteiger partial charge in [0.15, 0.2) is 0 Å². The number of aliphatic hydroxyl groups is 1. The maximum atomic E-state index is 10.5. The number of rotatable bonds is 3. The Morgan fingerprint density at radius 3 is 2.94 bits per heavy atom. The Labute approximate surface area is 123 Å². The van der Waals surface area contributed by atoms with Gasteiger partial charge in [0.2, 0.25) is 0 Å². The van der Waals surface area contributed by atoms with Crippen LogP contribution in [0, 0.1) is 0 Å². The number of fused-ring (bicyclic) bond motifs is 1. The molecule has 0 aliphatic carbocycles. The van der Waals surface area contributed by atoms with E-state index in [0.29, 0.717) is 0 Å². The molecule has 1 aliphatic rings. The summed E-state index contributed by atoms with van der Waals surface area (Å²) >= 11 is 7.09. The zero-order chi connectivity index (χ0) is 12.5. The Morgan fingerprint density at radius 1 is 1.33 bits per heavy atom. The molecule has 94 valence electrons. The normalized spacial score (nSPS) is 19.8. The van der Waals surface area contributed by atoms with E-state index in [0.717, 1.165) is 16.6 Å². The lowest BCUT2D eigenvalue weighted by molar-refractivity contribution is 0.152. The highest BCUT2D eigenvalue weighted by atomic mass is 79.9. The van der Waals surface area contributed by atoms with Crippen molar-refractivity contribution < 1.29 is 5.11 Å². The minimum absolute atomic E-state index is 0.264. The first-order chi connectivity index (χ1) is 8.75. The van der Waals surface area contributed by atoms with Crippen LogP contribution in [0.3, 0.4) is 0 Å². The van der Waals surface area contributed by atoms with E-state index in [-0.39, 0.29) is 12.0 Å². The highest BCUT2D eigenvalue weighted by molar-refractivity contribution is 9.10. The van der Waals surface area contributed by atoms with Gasteiger partial charge in [-0.05, 0) is 39.0 Å². The Kier molecular flexibility index (Phi) is 3.80. The lowest BCUT2D eigenvalue weighted by Gasteiger charge is -2.18. The molecule has 0 saturated carbocycles. The highest BCUT2D eigenvalue weighted by Gasteiger charge is 2.29. The monoisotopic (exact) mass is 340 g/mol. The molecular weight excluding hydrogens is 328 g/mol. The van der Waals surface area contributed by atoms with Crippen molar-refractivity contribution in [1.82, 2.24) is 0 Å². The Morgan fingerprint density at radius 2 is 2.17 bits per heavy atom. The van der Waals surface area contributed by atoms with E-state index in [1.807, 2.05) is 17.8 Å². The van der Waals surface area contributed by atoms with Crippen molar-refractivity contribution in [3.05, 3.63) is 50.6 Å². The van der Waals surface area contributed by atoms with Crippen LogP contribution in [-0.2, 0) is 6.42 Å². The van der Waals surface area contributed by atoms with Gasteiger partial charge in [-0.2, -0.15) is 0 Å². The van der Waals surface area contributed by atoms with Crippen molar-refractivity contribution in [3.8, 4) is 0 Å². The van der Waals surface area contributed by atoms with Crippen LogP contribution < -0.4 is 0 Å². The number of hydrogen-bond acceptors (Lipinski definition) is 3. The molecule has 3 rings (SSSR count). The minimum Gasteiger partial charge on any atom is -0.392 e. The molecule has 0 spiro atoms. The molecule has 2 unspecified atom stereocenters. The lowest BCUT2D eigenvalue weighted by Crippen LogP contribution is -2.20. The summed E-state index contributed by atoms with van der Waals surface area (Å²) in [6.07, 6.45) is 0.439. The van der Waals surface area contributed by atoms with Gasteiger partial charge in [0.05, 0.1) is 6.10 Å². The summed E-state index contributed by atoms with van der Waals surface area (Å²) in [4.78, 5) is 2.56. The molecule has 2 atom stereocenters. The molecule has 0 saturated heterocycles. The Bertz CT molecular complexity index is 552. The number of thioether (sulfide) groups is 1. The standard InChI is InChI=1S/C14H13BrOS2/c15-11-5-6-17-14(11)7-12(16)10-8-18-13-4-2-1-3-9(10)13/h1-6,10,12,16H,7-8H2. The molecule has 1 aliphatic heterocycles. The number of thiophene rings is 1. The second kappa shape index (κ2) is 5.37. The molecule has 0 bridgehead atoms. The van der Waals surface area contributed by atoms with Crippen LogP contribution in [0.2, 0.25) is 0 Å². The first-order valence-corrected chi connectivity index (χ1v) is 8.53. The lowest BCUT2D eigenvalue weighted by atomic mass is 9.93. The van der Waals surface area contributed by atoms with Crippen LogP contribution in [0.4, 0.5) is 0 Å². The SMILES string of the molecule is OC(Cc1sccc1Br)C1CSc2ccccc21. The van der Waals surface area contributed by atoms with Crippen molar-refractivity contribution in [2.45, 2.75) is 23.3 Å². The van der Waals surface area contributed by atoms with E-state index < -0.39 is 0 Å². The third-order valence-electron chi connectivity index (χ3n) is 3.29. The molecule has 4 heteroatoms. The number of halogens is 1. The van der Waals surface area contributed by atoms with Gasteiger partial charge in [0, 0.05) is 32.3 Å². The minimum atomic E-state index is -0.295. The number of hydrogen-bond donors (Lipinski definition) is 1. The largest absolute Gasteiger partial charge is 0.392 e. The average Bonchev–Trinajstić information content (AvgIpc) is 2.96. The van der Waals surface area contributed by atoms with E-state index >= 15 is 0 Å². The van der Waals surface area contributed by atoms with Crippen molar-refractivity contribution in [2.75, 3.05) is 5.75 Å². The molecule has 1 aromatic heterocycles. The molecule has 0 fully saturated rings. The quantitative estimate of drug-likeness (QED) is 0.898. The molecule has 18 heavy (non-hydrogen) atoms. The highest BCUT2D eigenvalue weighted by Crippen LogP contribution is 2.42. The van der Waals surface area contributed by atoms with Gasteiger partial charge in [-0.1, -0.05) is 18.2 Å².